The van der Waals surface area contributed by atoms with Gasteiger partial charge in [-0.25, -0.2) is 17.6 Å². The molecule has 0 bridgehead atoms. The van der Waals surface area contributed by atoms with Crippen LogP contribution >= 0.6 is 0 Å². The first kappa shape index (κ1) is 34.5. The van der Waals surface area contributed by atoms with Crippen LogP contribution in [0.3, 0.4) is 0 Å². The van der Waals surface area contributed by atoms with Crippen molar-refractivity contribution < 1.29 is 45.7 Å². The van der Waals surface area contributed by atoms with Gasteiger partial charge in [-0.3, -0.25) is 0 Å². The first-order valence-electron chi connectivity index (χ1n) is 15.2. The van der Waals surface area contributed by atoms with Crippen LogP contribution in [0.25, 0.3) is 22.3 Å². The number of phenolic OH excluding ortho intramolecular Hbond substituents is 1. The summed E-state index contributed by atoms with van der Waals surface area (Å²) in [4.78, 5) is 0. The highest BCUT2D eigenvalue weighted by molar-refractivity contribution is 5.67. The third-order valence-electron chi connectivity index (χ3n) is 7.59. The van der Waals surface area contributed by atoms with Crippen molar-refractivity contribution in [3.8, 4) is 45.3 Å². The van der Waals surface area contributed by atoms with Gasteiger partial charge in [0.15, 0.2) is 23.1 Å². The zero-order chi connectivity index (χ0) is 33.2. The lowest BCUT2D eigenvalue weighted by atomic mass is 9.98. The predicted octanol–water partition coefficient (Wildman–Crippen LogP) is 10.4. The van der Waals surface area contributed by atoms with Crippen LogP contribution in [-0.4, -0.2) is 24.9 Å². The molecule has 4 aromatic rings. The van der Waals surface area contributed by atoms with Crippen molar-refractivity contribution in [2.75, 3.05) is 19.8 Å². The highest BCUT2D eigenvalue weighted by atomic mass is 19.2. The van der Waals surface area contributed by atoms with Gasteiger partial charge >= 0.3 is 0 Å². The summed E-state index contributed by atoms with van der Waals surface area (Å²) in [6.07, 6.45) is 5.27. The molecule has 0 spiro atoms. The fourth-order valence-electron chi connectivity index (χ4n) is 5.08. The summed E-state index contributed by atoms with van der Waals surface area (Å²) in [6, 6.07) is 12.6. The summed E-state index contributed by atoms with van der Waals surface area (Å²) in [5.41, 5.74) is -0.698. The molecule has 0 fully saturated rings. The predicted molar refractivity (Wildman–Crippen MR) is 164 cm³/mol. The molecule has 4 aromatic carbocycles. The number of halogens is 6. The van der Waals surface area contributed by atoms with E-state index in [9.17, 15) is 31.4 Å². The van der Waals surface area contributed by atoms with Crippen LogP contribution in [-0.2, 0) is 0 Å². The maximum absolute atomic E-state index is 14.7. The SMILES string of the molecule is CCOc1ccc(-c2ccc(OCCCCC(C)CCCCOc3ccc(-c4ccc(O)c(F)c4F)c(F)c3)cc2F)c(F)c1F. The molecular formula is C36H36F6O4. The molecule has 0 aromatic heterocycles. The van der Waals surface area contributed by atoms with Gasteiger partial charge in [-0.15, -0.1) is 0 Å². The largest absolute Gasteiger partial charge is 0.505 e. The molecule has 1 N–H and O–H groups in total. The number of unbranched alkanes of at least 4 members (excludes halogenated alkanes) is 2. The molecule has 10 heteroatoms. The smallest absolute Gasteiger partial charge is 0.201 e. The van der Waals surface area contributed by atoms with E-state index < -0.39 is 40.7 Å². The molecule has 4 rings (SSSR count). The van der Waals surface area contributed by atoms with Crippen LogP contribution in [0.4, 0.5) is 26.3 Å². The Morgan fingerprint density at radius 1 is 0.565 bits per heavy atom. The Kier molecular flexibility index (Phi) is 12.2. The number of phenols is 1. The number of benzene rings is 4. The van der Waals surface area contributed by atoms with Crippen LogP contribution in [0.2, 0.25) is 0 Å². The molecule has 4 nitrogen and oxygen atoms in total. The van der Waals surface area contributed by atoms with Gasteiger partial charge in [-0.05, 0) is 87.1 Å². The number of aromatic hydroxyl groups is 1. The van der Waals surface area contributed by atoms with E-state index in [0.29, 0.717) is 24.9 Å². The monoisotopic (exact) mass is 646 g/mol. The highest BCUT2D eigenvalue weighted by Crippen LogP contribution is 2.34. The van der Waals surface area contributed by atoms with Crippen molar-refractivity contribution in [2.45, 2.75) is 52.4 Å². The second-order valence-corrected chi connectivity index (χ2v) is 11.0. The molecule has 0 saturated heterocycles. The Hall–Kier alpha value is -4.34. The molecule has 0 heterocycles. The summed E-state index contributed by atoms with van der Waals surface area (Å²) in [5.74, 6) is -6.61. The second-order valence-electron chi connectivity index (χ2n) is 11.0. The van der Waals surface area contributed by atoms with Crippen molar-refractivity contribution in [3.63, 3.8) is 0 Å². The minimum absolute atomic E-state index is 0.0730. The number of rotatable bonds is 16. The van der Waals surface area contributed by atoms with Crippen LogP contribution in [0, 0.1) is 40.8 Å². The van der Waals surface area contributed by atoms with E-state index in [2.05, 4.69) is 6.92 Å². The van der Waals surface area contributed by atoms with Crippen molar-refractivity contribution in [3.05, 3.63) is 95.6 Å². The number of ether oxygens (including phenoxy) is 3. The van der Waals surface area contributed by atoms with Gasteiger partial charge in [-0.2, -0.15) is 8.78 Å². The van der Waals surface area contributed by atoms with E-state index in [4.69, 9.17) is 14.2 Å². The van der Waals surface area contributed by atoms with Gasteiger partial charge in [0, 0.05) is 34.4 Å². The molecule has 0 radical (unpaired) electrons. The quantitative estimate of drug-likeness (QED) is 0.0972. The first-order chi connectivity index (χ1) is 22.1. The van der Waals surface area contributed by atoms with Crippen molar-refractivity contribution in [1.29, 1.82) is 0 Å². The van der Waals surface area contributed by atoms with E-state index in [0.717, 1.165) is 62.8 Å². The first-order valence-corrected chi connectivity index (χ1v) is 15.2. The van der Waals surface area contributed by atoms with E-state index >= 15 is 0 Å². The lowest BCUT2D eigenvalue weighted by Gasteiger charge is -2.13. The Labute approximate surface area is 264 Å². The minimum Gasteiger partial charge on any atom is -0.505 e. The van der Waals surface area contributed by atoms with Gasteiger partial charge in [0.2, 0.25) is 11.6 Å². The molecular weight excluding hydrogens is 610 g/mol. The molecule has 46 heavy (non-hydrogen) atoms. The summed E-state index contributed by atoms with van der Waals surface area (Å²) in [6.45, 7) is 4.73. The van der Waals surface area contributed by atoms with E-state index in [1.165, 1.54) is 36.4 Å². The Bertz CT molecular complexity index is 1630. The number of hydrogen-bond donors (Lipinski definition) is 1. The zero-order valence-corrected chi connectivity index (χ0v) is 25.7. The van der Waals surface area contributed by atoms with Crippen LogP contribution in [0.1, 0.15) is 52.4 Å². The maximum atomic E-state index is 14.7. The van der Waals surface area contributed by atoms with E-state index in [-0.39, 0.29) is 40.4 Å². The van der Waals surface area contributed by atoms with Crippen molar-refractivity contribution in [1.82, 2.24) is 0 Å². The molecule has 0 aliphatic heterocycles. The molecule has 0 aliphatic rings. The molecule has 1 unspecified atom stereocenters. The van der Waals surface area contributed by atoms with E-state index in [1.54, 1.807) is 6.92 Å². The average molecular weight is 647 g/mol. The summed E-state index contributed by atoms with van der Waals surface area (Å²) < 4.78 is 102. The Balaban J connectivity index is 1.12. The van der Waals surface area contributed by atoms with Gasteiger partial charge in [0.25, 0.3) is 0 Å². The topological polar surface area (TPSA) is 47.9 Å². The van der Waals surface area contributed by atoms with Crippen LogP contribution < -0.4 is 14.2 Å². The minimum atomic E-state index is -1.43. The normalized spacial score (nSPS) is 11.8. The third kappa shape index (κ3) is 8.68. The van der Waals surface area contributed by atoms with Crippen LogP contribution in [0.15, 0.2) is 60.7 Å². The summed E-state index contributed by atoms with van der Waals surface area (Å²) in [7, 11) is 0. The van der Waals surface area contributed by atoms with Gasteiger partial charge in [0.1, 0.15) is 23.1 Å². The van der Waals surface area contributed by atoms with Crippen LogP contribution in [0.5, 0.6) is 23.0 Å². The third-order valence-corrected chi connectivity index (χ3v) is 7.59. The van der Waals surface area contributed by atoms with Crippen molar-refractivity contribution in [2.24, 2.45) is 5.92 Å². The second kappa shape index (κ2) is 16.3. The molecule has 1 atom stereocenters. The standard InChI is InChI=1S/C36H36F6O4/c1-3-44-32-17-15-28(34(40)36(32)42)26-13-11-24(21-30(26)38)46-19-7-5-9-22(2)8-4-6-18-45-23-10-12-25(29(37)20-23)27-14-16-31(43)35(41)33(27)39/h10-17,20-22,43H,3-9,18-19H2,1-2H3. The maximum Gasteiger partial charge on any atom is 0.201 e. The fourth-order valence-corrected chi connectivity index (χ4v) is 5.08. The molecule has 0 aliphatic carbocycles. The van der Waals surface area contributed by atoms with Gasteiger partial charge < -0.3 is 19.3 Å². The number of hydrogen-bond acceptors (Lipinski definition) is 4. The van der Waals surface area contributed by atoms with Crippen molar-refractivity contribution >= 4 is 0 Å². The average Bonchev–Trinajstić information content (AvgIpc) is 3.03. The lowest BCUT2D eigenvalue weighted by Crippen LogP contribution is -2.02. The fraction of sp³-hybridized carbons (Fsp3) is 0.333. The van der Waals surface area contributed by atoms with Gasteiger partial charge in [-0.1, -0.05) is 19.8 Å². The van der Waals surface area contributed by atoms with E-state index in [1.807, 2.05) is 0 Å². The summed E-state index contributed by atoms with van der Waals surface area (Å²) >= 11 is 0. The lowest BCUT2D eigenvalue weighted by molar-refractivity contribution is 0.289. The zero-order valence-electron chi connectivity index (χ0n) is 25.7. The Morgan fingerprint density at radius 2 is 1.04 bits per heavy atom. The van der Waals surface area contributed by atoms with Gasteiger partial charge in [0.05, 0.1) is 19.8 Å². The highest BCUT2D eigenvalue weighted by Gasteiger charge is 2.19. The Morgan fingerprint density at radius 3 is 1.54 bits per heavy atom. The molecule has 0 amide bonds. The molecule has 0 saturated carbocycles. The summed E-state index contributed by atoms with van der Waals surface area (Å²) in [5, 5.41) is 9.27. The molecule has 246 valence electrons.